The van der Waals surface area contributed by atoms with Gasteiger partial charge in [-0.05, 0) is 36.5 Å². The summed E-state index contributed by atoms with van der Waals surface area (Å²) in [6.07, 6.45) is 0. The van der Waals surface area contributed by atoms with Gasteiger partial charge in [-0.3, -0.25) is 0 Å². The van der Waals surface area contributed by atoms with Crippen molar-refractivity contribution in [2.75, 3.05) is 0 Å². The molecule has 0 saturated heterocycles. The molecule has 0 aliphatic carbocycles. The second-order valence-corrected chi connectivity index (χ2v) is 3.67. The fourth-order valence-electron chi connectivity index (χ4n) is 0.992. The molecule has 1 aromatic rings. The van der Waals surface area contributed by atoms with Gasteiger partial charge in [-0.2, -0.15) is 0 Å². The SMILES string of the molecule is Cc1cc(B(O)O)cc(Br)c1C. The molecule has 0 aromatic heterocycles. The van der Waals surface area contributed by atoms with Crippen molar-refractivity contribution in [2.24, 2.45) is 0 Å². The van der Waals surface area contributed by atoms with Crippen molar-refractivity contribution in [2.45, 2.75) is 13.8 Å². The van der Waals surface area contributed by atoms with Gasteiger partial charge >= 0.3 is 7.12 Å². The van der Waals surface area contributed by atoms with Crippen molar-refractivity contribution < 1.29 is 10.0 Å². The number of aryl methyl sites for hydroxylation is 1. The van der Waals surface area contributed by atoms with E-state index >= 15 is 0 Å². The molecule has 4 heteroatoms. The molecule has 2 N–H and O–H groups in total. The predicted molar refractivity (Wildman–Crippen MR) is 53.4 cm³/mol. The number of rotatable bonds is 1. The van der Waals surface area contributed by atoms with Crippen LogP contribution in [0.4, 0.5) is 0 Å². The topological polar surface area (TPSA) is 40.5 Å². The third-order valence-corrected chi connectivity index (χ3v) is 2.75. The van der Waals surface area contributed by atoms with Gasteiger partial charge in [0.2, 0.25) is 0 Å². The molecule has 0 saturated carbocycles. The van der Waals surface area contributed by atoms with Crippen LogP contribution in [0.2, 0.25) is 0 Å². The second kappa shape index (κ2) is 3.60. The van der Waals surface area contributed by atoms with E-state index in [-0.39, 0.29) is 0 Å². The molecule has 0 amide bonds. The molecular formula is C8H10BBrO2. The van der Waals surface area contributed by atoms with Crippen molar-refractivity contribution in [3.63, 3.8) is 0 Å². The lowest BCUT2D eigenvalue weighted by Gasteiger charge is -2.06. The van der Waals surface area contributed by atoms with Gasteiger partial charge < -0.3 is 10.0 Å². The van der Waals surface area contributed by atoms with Crippen LogP contribution < -0.4 is 5.46 Å². The zero-order valence-corrected chi connectivity index (χ0v) is 8.59. The first kappa shape index (κ1) is 9.77. The smallest absolute Gasteiger partial charge is 0.423 e. The lowest BCUT2D eigenvalue weighted by molar-refractivity contribution is 0.425. The van der Waals surface area contributed by atoms with Crippen LogP contribution in [0.1, 0.15) is 11.1 Å². The summed E-state index contributed by atoms with van der Waals surface area (Å²) in [5.74, 6) is 0. The molecule has 12 heavy (non-hydrogen) atoms. The molecule has 0 atom stereocenters. The molecule has 0 unspecified atom stereocenters. The standard InChI is InChI=1S/C8H10BBrO2/c1-5-3-7(9(11)12)4-8(10)6(5)2/h3-4,11-12H,1-2H3. The second-order valence-electron chi connectivity index (χ2n) is 2.82. The Hall–Kier alpha value is -0.315. The van der Waals surface area contributed by atoms with Crippen molar-refractivity contribution in [1.82, 2.24) is 0 Å². The minimum atomic E-state index is -1.39. The molecular weight excluding hydrogens is 219 g/mol. The van der Waals surface area contributed by atoms with Gasteiger partial charge in [-0.1, -0.05) is 22.0 Å². The van der Waals surface area contributed by atoms with E-state index in [1.165, 1.54) is 0 Å². The molecule has 0 bridgehead atoms. The Labute approximate surface area is 80.5 Å². The molecule has 0 radical (unpaired) electrons. The first-order valence-electron chi connectivity index (χ1n) is 3.65. The molecule has 0 aliphatic rings. The Kier molecular flexibility index (Phi) is 2.93. The van der Waals surface area contributed by atoms with Gasteiger partial charge in [0.25, 0.3) is 0 Å². The zero-order chi connectivity index (χ0) is 9.30. The average molecular weight is 229 g/mol. The van der Waals surface area contributed by atoms with Gasteiger partial charge in [0, 0.05) is 4.47 Å². The number of halogens is 1. The maximum Gasteiger partial charge on any atom is 0.488 e. The Balaban J connectivity index is 3.21. The summed E-state index contributed by atoms with van der Waals surface area (Å²) in [5, 5.41) is 17.8. The molecule has 1 aromatic carbocycles. The minimum Gasteiger partial charge on any atom is -0.423 e. The van der Waals surface area contributed by atoms with Gasteiger partial charge in [0.15, 0.2) is 0 Å². The zero-order valence-electron chi connectivity index (χ0n) is 7.00. The van der Waals surface area contributed by atoms with E-state index in [4.69, 9.17) is 10.0 Å². The Morgan fingerprint density at radius 3 is 2.25 bits per heavy atom. The summed E-state index contributed by atoms with van der Waals surface area (Å²) < 4.78 is 0.908. The predicted octanol–water partition coefficient (Wildman–Crippen LogP) is 0.746. The maximum atomic E-state index is 8.90. The lowest BCUT2D eigenvalue weighted by Crippen LogP contribution is -2.30. The monoisotopic (exact) mass is 228 g/mol. The quantitative estimate of drug-likeness (QED) is 0.697. The first-order valence-corrected chi connectivity index (χ1v) is 4.44. The highest BCUT2D eigenvalue weighted by Gasteiger charge is 2.12. The molecule has 0 aliphatic heterocycles. The highest BCUT2D eigenvalue weighted by atomic mass is 79.9. The van der Waals surface area contributed by atoms with Gasteiger partial charge in [-0.25, -0.2) is 0 Å². The highest BCUT2D eigenvalue weighted by molar-refractivity contribution is 9.10. The molecule has 2 nitrogen and oxygen atoms in total. The van der Waals surface area contributed by atoms with Crippen LogP contribution in [0.15, 0.2) is 16.6 Å². The van der Waals surface area contributed by atoms with Crippen LogP contribution in [-0.2, 0) is 0 Å². The normalized spacial score (nSPS) is 10.1. The third-order valence-electron chi connectivity index (χ3n) is 1.92. The average Bonchev–Trinajstić information content (AvgIpc) is 1.99. The van der Waals surface area contributed by atoms with E-state index in [0.717, 1.165) is 15.6 Å². The summed E-state index contributed by atoms with van der Waals surface area (Å²) in [6, 6.07) is 3.48. The highest BCUT2D eigenvalue weighted by Crippen LogP contribution is 2.17. The van der Waals surface area contributed by atoms with Crippen molar-refractivity contribution in [3.05, 3.63) is 27.7 Å². The Morgan fingerprint density at radius 1 is 1.25 bits per heavy atom. The summed E-state index contributed by atoms with van der Waals surface area (Å²) in [7, 11) is -1.39. The fourth-order valence-corrected chi connectivity index (χ4v) is 1.57. The fraction of sp³-hybridized carbons (Fsp3) is 0.250. The number of hydrogen-bond donors (Lipinski definition) is 2. The third kappa shape index (κ3) is 1.89. The van der Waals surface area contributed by atoms with Crippen LogP contribution in [-0.4, -0.2) is 17.2 Å². The summed E-state index contributed by atoms with van der Waals surface area (Å²) in [4.78, 5) is 0. The summed E-state index contributed by atoms with van der Waals surface area (Å²) in [6.45, 7) is 3.92. The molecule has 0 fully saturated rings. The Morgan fingerprint density at radius 2 is 1.83 bits per heavy atom. The summed E-state index contributed by atoms with van der Waals surface area (Å²) >= 11 is 3.34. The van der Waals surface area contributed by atoms with Gasteiger partial charge in [0.05, 0.1) is 0 Å². The van der Waals surface area contributed by atoms with Gasteiger partial charge in [0.1, 0.15) is 0 Å². The van der Waals surface area contributed by atoms with Crippen LogP contribution >= 0.6 is 15.9 Å². The lowest BCUT2D eigenvalue weighted by atomic mass is 9.79. The molecule has 0 spiro atoms. The van der Waals surface area contributed by atoms with Crippen molar-refractivity contribution in [3.8, 4) is 0 Å². The van der Waals surface area contributed by atoms with Crippen LogP contribution in [0.25, 0.3) is 0 Å². The van der Waals surface area contributed by atoms with E-state index in [2.05, 4.69) is 15.9 Å². The van der Waals surface area contributed by atoms with Crippen molar-refractivity contribution in [1.29, 1.82) is 0 Å². The molecule has 0 heterocycles. The van der Waals surface area contributed by atoms with E-state index in [1.54, 1.807) is 12.1 Å². The van der Waals surface area contributed by atoms with E-state index in [0.29, 0.717) is 5.46 Å². The molecule has 64 valence electrons. The minimum absolute atomic E-state index is 0.518. The molecule has 1 rings (SSSR count). The van der Waals surface area contributed by atoms with Crippen LogP contribution in [0, 0.1) is 13.8 Å². The summed E-state index contributed by atoms with van der Waals surface area (Å²) in [5.41, 5.74) is 2.69. The number of benzene rings is 1. The Bertz CT molecular complexity index is 276. The van der Waals surface area contributed by atoms with E-state index in [1.807, 2.05) is 13.8 Å². The number of hydrogen-bond acceptors (Lipinski definition) is 2. The van der Waals surface area contributed by atoms with Crippen LogP contribution in [0.5, 0.6) is 0 Å². The van der Waals surface area contributed by atoms with Crippen LogP contribution in [0.3, 0.4) is 0 Å². The van der Waals surface area contributed by atoms with E-state index in [9.17, 15) is 0 Å². The largest absolute Gasteiger partial charge is 0.488 e. The van der Waals surface area contributed by atoms with Gasteiger partial charge in [-0.15, -0.1) is 0 Å². The van der Waals surface area contributed by atoms with E-state index < -0.39 is 7.12 Å². The first-order chi connectivity index (χ1) is 5.52. The van der Waals surface area contributed by atoms with Crippen molar-refractivity contribution >= 4 is 28.5 Å². The maximum absolute atomic E-state index is 8.90.